The molecule has 1 N–H and O–H groups in total. The molecule has 2 nitrogen and oxygen atoms in total. The number of aliphatic carboxylic acids is 1. The van der Waals surface area contributed by atoms with E-state index in [-0.39, 0.29) is 5.92 Å². The molecule has 0 aliphatic carbocycles. The van der Waals surface area contributed by atoms with Crippen LogP contribution >= 0.6 is 23.2 Å². The van der Waals surface area contributed by atoms with Crippen molar-refractivity contribution in [2.75, 3.05) is 0 Å². The molecule has 0 bridgehead atoms. The fraction of sp³-hybridized carbons (Fsp3) is 0.417. The minimum Gasteiger partial charge on any atom is -0.481 e. The fourth-order valence-corrected chi connectivity index (χ4v) is 2.02. The van der Waals surface area contributed by atoms with E-state index in [4.69, 9.17) is 28.3 Å². The van der Waals surface area contributed by atoms with Crippen molar-refractivity contribution in [1.29, 1.82) is 0 Å². The summed E-state index contributed by atoms with van der Waals surface area (Å²) in [4.78, 5) is 10.8. The summed E-state index contributed by atoms with van der Waals surface area (Å²) in [7, 11) is 0. The zero-order valence-corrected chi connectivity index (χ0v) is 10.7. The normalized spacial score (nSPS) is 14.5. The van der Waals surface area contributed by atoms with Gasteiger partial charge in [-0.1, -0.05) is 43.1 Å². The van der Waals surface area contributed by atoms with Crippen molar-refractivity contribution in [2.45, 2.75) is 20.3 Å². The third-order valence-corrected chi connectivity index (χ3v) is 3.54. The Morgan fingerprint density at radius 3 is 2.25 bits per heavy atom. The quantitative estimate of drug-likeness (QED) is 0.892. The monoisotopic (exact) mass is 260 g/mol. The van der Waals surface area contributed by atoms with E-state index >= 15 is 0 Å². The number of halogens is 2. The fourth-order valence-electron chi connectivity index (χ4n) is 1.47. The largest absolute Gasteiger partial charge is 0.481 e. The molecular formula is C12H14Cl2O2. The molecule has 0 heterocycles. The van der Waals surface area contributed by atoms with E-state index in [1.54, 1.807) is 25.1 Å². The molecule has 2 atom stereocenters. The molecule has 0 saturated heterocycles. The van der Waals surface area contributed by atoms with E-state index in [1.165, 1.54) is 0 Å². The van der Waals surface area contributed by atoms with Crippen LogP contribution in [0, 0.1) is 11.8 Å². The van der Waals surface area contributed by atoms with Crippen LogP contribution in [0.2, 0.25) is 10.0 Å². The van der Waals surface area contributed by atoms with Gasteiger partial charge < -0.3 is 5.11 Å². The molecule has 0 aliphatic rings. The second-order valence-corrected chi connectivity index (χ2v) is 4.82. The smallest absolute Gasteiger partial charge is 0.306 e. The van der Waals surface area contributed by atoms with Crippen LogP contribution in [-0.2, 0) is 11.2 Å². The molecule has 0 spiro atoms. The summed E-state index contributed by atoms with van der Waals surface area (Å²) < 4.78 is 0. The molecule has 0 radical (unpaired) electrons. The van der Waals surface area contributed by atoms with Gasteiger partial charge in [-0.25, -0.2) is 0 Å². The summed E-state index contributed by atoms with van der Waals surface area (Å²) in [5.74, 6) is -1.21. The topological polar surface area (TPSA) is 37.3 Å². The van der Waals surface area contributed by atoms with Gasteiger partial charge in [-0.3, -0.25) is 4.79 Å². The molecule has 0 aromatic heterocycles. The van der Waals surface area contributed by atoms with Gasteiger partial charge in [0.1, 0.15) is 0 Å². The highest BCUT2D eigenvalue weighted by Crippen LogP contribution is 2.28. The molecular weight excluding hydrogens is 247 g/mol. The SMILES string of the molecule is CC(Cc1c(Cl)cccc1Cl)C(C)C(=O)O. The van der Waals surface area contributed by atoms with Crippen LogP contribution in [0.5, 0.6) is 0 Å². The molecule has 2 unspecified atom stereocenters. The Morgan fingerprint density at radius 2 is 1.81 bits per heavy atom. The van der Waals surface area contributed by atoms with E-state index in [0.29, 0.717) is 16.5 Å². The minimum atomic E-state index is -0.796. The summed E-state index contributed by atoms with van der Waals surface area (Å²) in [6, 6.07) is 5.31. The third-order valence-electron chi connectivity index (χ3n) is 2.83. The standard InChI is InChI=1S/C12H14Cl2O2/c1-7(8(2)12(15)16)6-9-10(13)4-3-5-11(9)14/h3-5,7-8H,6H2,1-2H3,(H,15,16). The summed E-state index contributed by atoms with van der Waals surface area (Å²) in [6.45, 7) is 3.58. The minimum absolute atomic E-state index is 0.00472. The summed E-state index contributed by atoms with van der Waals surface area (Å²) in [6.07, 6.45) is 0.575. The van der Waals surface area contributed by atoms with E-state index in [9.17, 15) is 4.79 Å². The first-order valence-corrected chi connectivity index (χ1v) is 5.84. The second-order valence-electron chi connectivity index (χ2n) is 4.01. The summed E-state index contributed by atoms with van der Waals surface area (Å²) in [5.41, 5.74) is 0.825. The highest BCUT2D eigenvalue weighted by atomic mass is 35.5. The second kappa shape index (κ2) is 5.55. The van der Waals surface area contributed by atoms with Gasteiger partial charge in [0.15, 0.2) is 0 Å². The van der Waals surface area contributed by atoms with Crippen LogP contribution < -0.4 is 0 Å². The Labute approximate surface area is 105 Å². The average molecular weight is 261 g/mol. The van der Waals surface area contributed by atoms with Gasteiger partial charge in [-0.15, -0.1) is 0 Å². The summed E-state index contributed by atoms with van der Waals surface area (Å²) >= 11 is 12.1. The van der Waals surface area contributed by atoms with Gasteiger partial charge in [0.05, 0.1) is 5.92 Å². The van der Waals surface area contributed by atoms with E-state index in [1.807, 2.05) is 6.92 Å². The number of carboxylic acids is 1. The lowest BCUT2D eigenvalue weighted by atomic mass is 9.90. The average Bonchev–Trinajstić information content (AvgIpc) is 2.22. The predicted molar refractivity (Wildman–Crippen MR) is 66.1 cm³/mol. The number of hydrogen-bond acceptors (Lipinski definition) is 1. The van der Waals surface area contributed by atoms with Crippen molar-refractivity contribution in [2.24, 2.45) is 11.8 Å². The number of hydrogen-bond donors (Lipinski definition) is 1. The van der Waals surface area contributed by atoms with Crippen LogP contribution in [0.15, 0.2) is 18.2 Å². The number of carboxylic acid groups (broad SMARTS) is 1. The Morgan fingerprint density at radius 1 is 1.31 bits per heavy atom. The maximum atomic E-state index is 10.8. The number of carbonyl (C=O) groups is 1. The molecule has 16 heavy (non-hydrogen) atoms. The Bertz CT molecular complexity index is 370. The Kier molecular flexibility index (Phi) is 4.63. The maximum Gasteiger partial charge on any atom is 0.306 e. The number of rotatable bonds is 4. The van der Waals surface area contributed by atoms with Crippen LogP contribution in [0.4, 0.5) is 0 Å². The molecule has 0 aliphatic heterocycles. The maximum absolute atomic E-state index is 10.8. The van der Waals surface area contributed by atoms with Gasteiger partial charge in [0.2, 0.25) is 0 Å². The van der Waals surface area contributed by atoms with Crippen LogP contribution in [0.3, 0.4) is 0 Å². The zero-order chi connectivity index (χ0) is 12.3. The Balaban J connectivity index is 2.84. The lowest BCUT2D eigenvalue weighted by Crippen LogP contribution is -2.20. The number of benzene rings is 1. The highest BCUT2D eigenvalue weighted by Gasteiger charge is 2.21. The molecule has 1 aromatic carbocycles. The lowest BCUT2D eigenvalue weighted by Gasteiger charge is -2.17. The third kappa shape index (κ3) is 3.13. The van der Waals surface area contributed by atoms with Gasteiger partial charge in [0.25, 0.3) is 0 Å². The van der Waals surface area contributed by atoms with E-state index in [2.05, 4.69) is 0 Å². The van der Waals surface area contributed by atoms with Crippen LogP contribution in [-0.4, -0.2) is 11.1 Å². The molecule has 0 saturated carbocycles. The first kappa shape index (κ1) is 13.3. The molecule has 4 heteroatoms. The van der Waals surface area contributed by atoms with Gasteiger partial charge in [-0.05, 0) is 30.0 Å². The molecule has 0 fully saturated rings. The van der Waals surface area contributed by atoms with Crippen molar-refractivity contribution in [3.05, 3.63) is 33.8 Å². The first-order valence-electron chi connectivity index (χ1n) is 5.09. The highest BCUT2D eigenvalue weighted by molar-refractivity contribution is 6.35. The van der Waals surface area contributed by atoms with Crippen molar-refractivity contribution >= 4 is 29.2 Å². The van der Waals surface area contributed by atoms with Crippen molar-refractivity contribution in [3.63, 3.8) is 0 Å². The molecule has 1 rings (SSSR count). The van der Waals surface area contributed by atoms with Crippen molar-refractivity contribution in [3.8, 4) is 0 Å². The summed E-state index contributed by atoms with van der Waals surface area (Å²) in [5, 5.41) is 10.1. The van der Waals surface area contributed by atoms with Crippen LogP contribution in [0.25, 0.3) is 0 Å². The van der Waals surface area contributed by atoms with Crippen molar-refractivity contribution < 1.29 is 9.90 Å². The van der Waals surface area contributed by atoms with Gasteiger partial charge >= 0.3 is 5.97 Å². The Hall–Kier alpha value is -0.730. The van der Waals surface area contributed by atoms with E-state index < -0.39 is 11.9 Å². The van der Waals surface area contributed by atoms with Gasteiger partial charge in [0, 0.05) is 10.0 Å². The lowest BCUT2D eigenvalue weighted by molar-refractivity contribution is -0.142. The molecule has 0 amide bonds. The predicted octanol–water partition coefficient (Wildman–Crippen LogP) is 3.89. The van der Waals surface area contributed by atoms with Gasteiger partial charge in [-0.2, -0.15) is 0 Å². The first-order chi connectivity index (χ1) is 7.43. The molecule has 1 aromatic rings. The molecule has 88 valence electrons. The van der Waals surface area contributed by atoms with E-state index in [0.717, 1.165) is 5.56 Å². The van der Waals surface area contributed by atoms with Crippen LogP contribution in [0.1, 0.15) is 19.4 Å². The zero-order valence-electron chi connectivity index (χ0n) is 9.21. The van der Waals surface area contributed by atoms with Crippen molar-refractivity contribution in [1.82, 2.24) is 0 Å².